The molecule has 0 atom stereocenters. The van der Waals surface area contributed by atoms with E-state index in [1.165, 1.54) is 12.1 Å². The quantitative estimate of drug-likeness (QED) is 0.891. The number of benzene rings is 2. The zero-order valence-electron chi connectivity index (χ0n) is 15.0. The van der Waals surface area contributed by atoms with Crippen molar-refractivity contribution in [2.24, 2.45) is 5.41 Å². The van der Waals surface area contributed by atoms with Crippen molar-refractivity contribution < 1.29 is 17.9 Å². The second-order valence-electron chi connectivity index (χ2n) is 6.82. The highest BCUT2D eigenvalue weighted by Gasteiger charge is 2.37. The monoisotopic (exact) mass is 374 g/mol. The number of rotatable bonds is 4. The minimum atomic E-state index is -3.70. The van der Waals surface area contributed by atoms with Gasteiger partial charge in [0.25, 0.3) is 10.0 Å². The van der Waals surface area contributed by atoms with Crippen LogP contribution in [0.3, 0.4) is 0 Å². The van der Waals surface area contributed by atoms with Crippen molar-refractivity contribution in [2.75, 3.05) is 22.8 Å². The van der Waals surface area contributed by atoms with E-state index in [0.29, 0.717) is 23.7 Å². The van der Waals surface area contributed by atoms with Crippen LogP contribution in [0.2, 0.25) is 0 Å². The van der Waals surface area contributed by atoms with E-state index in [-0.39, 0.29) is 17.4 Å². The summed E-state index contributed by atoms with van der Waals surface area (Å²) in [6.07, 6.45) is 0. The Bertz CT molecular complexity index is 924. The Balaban J connectivity index is 1.98. The lowest BCUT2D eigenvalue weighted by Crippen LogP contribution is -2.42. The first kappa shape index (κ1) is 18.3. The molecule has 1 aliphatic rings. The van der Waals surface area contributed by atoms with Crippen LogP contribution in [-0.4, -0.2) is 27.5 Å². The predicted molar refractivity (Wildman–Crippen MR) is 101 cm³/mol. The largest absolute Gasteiger partial charge is 0.490 e. The van der Waals surface area contributed by atoms with E-state index in [0.717, 1.165) is 0 Å². The van der Waals surface area contributed by atoms with Crippen molar-refractivity contribution in [2.45, 2.75) is 25.7 Å². The number of carbonyl (C=O) groups is 1. The summed E-state index contributed by atoms with van der Waals surface area (Å²) in [6.45, 7) is 6.29. The van der Waals surface area contributed by atoms with E-state index < -0.39 is 15.4 Å². The number of fused-ring (bicyclic) bond motifs is 1. The lowest BCUT2D eigenvalue weighted by atomic mass is 9.93. The highest BCUT2D eigenvalue weighted by Crippen LogP contribution is 2.38. The molecule has 0 saturated carbocycles. The van der Waals surface area contributed by atoms with Gasteiger partial charge in [-0.3, -0.25) is 9.52 Å². The lowest BCUT2D eigenvalue weighted by Gasteiger charge is -2.27. The van der Waals surface area contributed by atoms with Gasteiger partial charge in [-0.05, 0) is 51.1 Å². The van der Waals surface area contributed by atoms with Gasteiger partial charge in [0.15, 0.2) is 0 Å². The number of nitrogens with zero attached hydrogens (tertiary/aromatic N) is 1. The average molecular weight is 374 g/mol. The molecular formula is C19H22N2O4S. The van der Waals surface area contributed by atoms with Crippen LogP contribution in [0.4, 0.5) is 11.4 Å². The molecule has 2 aromatic rings. The lowest BCUT2D eigenvalue weighted by molar-refractivity contribution is -0.127. The fourth-order valence-electron chi connectivity index (χ4n) is 2.84. The van der Waals surface area contributed by atoms with Crippen LogP contribution >= 0.6 is 0 Å². The third-order valence-electron chi connectivity index (χ3n) is 4.28. The fraction of sp³-hybridized carbons (Fsp3) is 0.316. The van der Waals surface area contributed by atoms with E-state index >= 15 is 0 Å². The first-order valence-corrected chi connectivity index (χ1v) is 9.89. The van der Waals surface area contributed by atoms with Gasteiger partial charge >= 0.3 is 0 Å². The van der Waals surface area contributed by atoms with Crippen molar-refractivity contribution in [1.82, 2.24) is 0 Å². The molecule has 7 heteroatoms. The van der Waals surface area contributed by atoms with E-state index in [2.05, 4.69) is 4.72 Å². The summed E-state index contributed by atoms with van der Waals surface area (Å²) < 4.78 is 33.4. The maximum Gasteiger partial charge on any atom is 0.261 e. The number of anilines is 2. The summed E-state index contributed by atoms with van der Waals surface area (Å²) >= 11 is 0. The van der Waals surface area contributed by atoms with E-state index in [4.69, 9.17) is 4.74 Å². The van der Waals surface area contributed by atoms with Gasteiger partial charge in [0.05, 0.1) is 21.7 Å². The van der Waals surface area contributed by atoms with E-state index in [1.807, 2.05) is 20.8 Å². The molecule has 1 amide bonds. The number of carbonyl (C=O) groups excluding carboxylic acids is 1. The first-order valence-electron chi connectivity index (χ1n) is 8.41. The standard InChI is InChI=1S/C19H22N2O4S/c1-4-21-16-12-14(20-26(23,24)15-8-6-5-7-9-15)10-11-17(16)25-13-19(2,3)18(21)22/h5-12,20H,4,13H2,1-3H3. The van der Waals surface area contributed by atoms with Crippen LogP contribution in [-0.2, 0) is 14.8 Å². The molecule has 0 bridgehead atoms. The van der Waals surface area contributed by atoms with Crippen LogP contribution in [0.15, 0.2) is 53.4 Å². The van der Waals surface area contributed by atoms with Gasteiger partial charge in [-0.2, -0.15) is 0 Å². The summed E-state index contributed by atoms with van der Waals surface area (Å²) in [5.74, 6) is 0.509. The molecule has 0 aliphatic carbocycles. The molecule has 1 aliphatic heterocycles. The highest BCUT2D eigenvalue weighted by atomic mass is 32.2. The van der Waals surface area contributed by atoms with Crippen LogP contribution in [0.5, 0.6) is 5.75 Å². The summed E-state index contributed by atoms with van der Waals surface area (Å²) in [4.78, 5) is 14.6. The number of sulfonamides is 1. The molecule has 0 fully saturated rings. The van der Waals surface area contributed by atoms with E-state index in [9.17, 15) is 13.2 Å². The zero-order chi connectivity index (χ0) is 18.9. The molecule has 6 nitrogen and oxygen atoms in total. The minimum absolute atomic E-state index is 0.0539. The van der Waals surface area contributed by atoms with Crippen molar-refractivity contribution in [3.05, 3.63) is 48.5 Å². The maximum absolute atomic E-state index is 12.8. The minimum Gasteiger partial charge on any atom is -0.490 e. The third kappa shape index (κ3) is 3.39. The number of hydrogen-bond acceptors (Lipinski definition) is 4. The topological polar surface area (TPSA) is 75.7 Å². The van der Waals surface area contributed by atoms with Gasteiger partial charge in [0, 0.05) is 6.54 Å². The van der Waals surface area contributed by atoms with Crippen LogP contribution in [0, 0.1) is 5.41 Å². The molecule has 0 aromatic heterocycles. The smallest absolute Gasteiger partial charge is 0.261 e. The molecule has 26 heavy (non-hydrogen) atoms. The van der Waals surface area contributed by atoms with Crippen molar-refractivity contribution in [1.29, 1.82) is 0 Å². The normalized spacial score (nSPS) is 16.4. The van der Waals surface area contributed by atoms with Crippen molar-refractivity contribution >= 4 is 27.3 Å². The molecule has 0 unspecified atom stereocenters. The highest BCUT2D eigenvalue weighted by molar-refractivity contribution is 7.92. The Hall–Kier alpha value is -2.54. The number of ether oxygens (including phenoxy) is 1. The van der Waals surface area contributed by atoms with Gasteiger partial charge in [-0.1, -0.05) is 18.2 Å². The predicted octanol–water partition coefficient (Wildman–Crippen LogP) is 3.26. The Kier molecular flexibility index (Phi) is 4.66. The van der Waals surface area contributed by atoms with Crippen molar-refractivity contribution in [3.63, 3.8) is 0 Å². The molecule has 1 N–H and O–H groups in total. The van der Waals surface area contributed by atoms with Crippen LogP contribution < -0.4 is 14.4 Å². The molecule has 2 aromatic carbocycles. The summed E-state index contributed by atoms with van der Waals surface area (Å²) in [5, 5.41) is 0. The second kappa shape index (κ2) is 6.64. The Labute approximate surface area is 153 Å². The summed E-state index contributed by atoms with van der Waals surface area (Å²) in [5.41, 5.74) is 0.289. The Morgan fingerprint density at radius 3 is 2.50 bits per heavy atom. The van der Waals surface area contributed by atoms with Crippen LogP contribution in [0.25, 0.3) is 0 Å². The fourth-order valence-corrected chi connectivity index (χ4v) is 3.91. The molecular weight excluding hydrogens is 352 g/mol. The second-order valence-corrected chi connectivity index (χ2v) is 8.51. The Morgan fingerprint density at radius 1 is 1.15 bits per heavy atom. The van der Waals surface area contributed by atoms with Gasteiger partial charge in [-0.25, -0.2) is 8.42 Å². The average Bonchev–Trinajstić information content (AvgIpc) is 2.70. The number of hydrogen-bond donors (Lipinski definition) is 1. The zero-order valence-corrected chi connectivity index (χ0v) is 15.8. The van der Waals surface area contributed by atoms with Gasteiger partial charge in [0.1, 0.15) is 12.4 Å². The number of amides is 1. The Morgan fingerprint density at radius 2 is 1.85 bits per heavy atom. The van der Waals surface area contributed by atoms with Crippen molar-refractivity contribution in [3.8, 4) is 5.75 Å². The van der Waals surface area contributed by atoms with Gasteiger partial charge in [-0.15, -0.1) is 0 Å². The third-order valence-corrected chi connectivity index (χ3v) is 5.68. The molecule has 138 valence electrons. The molecule has 0 radical (unpaired) electrons. The van der Waals surface area contributed by atoms with Gasteiger partial charge < -0.3 is 9.64 Å². The summed E-state index contributed by atoms with van der Waals surface area (Å²) in [7, 11) is -3.70. The molecule has 3 rings (SSSR count). The van der Waals surface area contributed by atoms with Gasteiger partial charge in [0.2, 0.25) is 5.91 Å². The molecule has 0 saturated heterocycles. The number of nitrogens with one attached hydrogen (secondary N) is 1. The van der Waals surface area contributed by atoms with Crippen LogP contribution in [0.1, 0.15) is 20.8 Å². The first-order chi connectivity index (χ1) is 12.2. The maximum atomic E-state index is 12.8. The van der Waals surface area contributed by atoms with E-state index in [1.54, 1.807) is 41.3 Å². The summed E-state index contributed by atoms with van der Waals surface area (Å²) in [6, 6.07) is 13.1. The SMILES string of the molecule is CCN1C(=O)C(C)(C)COc2ccc(NS(=O)(=O)c3ccccc3)cc21. The molecule has 1 heterocycles. The molecule has 0 spiro atoms.